The van der Waals surface area contributed by atoms with E-state index in [1.165, 1.54) is 18.1 Å². The van der Waals surface area contributed by atoms with Crippen LogP contribution in [0.2, 0.25) is 0 Å². The fraction of sp³-hybridized carbons (Fsp3) is 0.629. The number of carbonyl (C=O) groups excluding carboxylic acids is 3. The second-order valence-corrected chi connectivity index (χ2v) is 14.9. The minimum Gasteiger partial charge on any atom is -0.497 e. The highest BCUT2D eigenvalue weighted by Crippen LogP contribution is 2.50. The predicted octanol–water partition coefficient (Wildman–Crippen LogP) is 5.79. The molecule has 0 radical (unpaired) electrons. The van der Waals surface area contributed by atoms with Crippen molar-refractivity contribution >= 4 is 29.0 Å². The average molecular weight is 673 g/mol. The van der Waals surface area contributed by atoms with Gasteiger partial charge in [0.25, 0.3) is 0 Å². The van der Waals surface area contributed by atoms with E-state index in [9.17, 15) is 14.4 Å². The van der Waals surface area contributed by atoms with Gasteiger partial charge < -0.3 is 29.2 Å². The lowest BCUT2D eigenvalue weighted by Crippen LogP contribution is -2.57. The molecule has 6 unspecified atom stereocenters. The molecule has 2 amide bonds. The number of aromatic nitrogens is 2. The molecule has 5 rings (SSSR count). The van der Waals surface area contributed by atoms with Crippen LogP contribution in [0, 0.1) is 23.2 Å². The first kappa shape index (κ1) is 35.3. The Morgan fingerprint density at radius 2 is 1.92 bits per heavy atom. The number of allylic oxidation sites excluding steroid dienone is 2. The van der Waals surface area contributed by atoms with Crippen molar-refractivity contribution in [2.45, 2.75) is 97.4 Å². The van der Waals surface area contributed by atoms with Crippen LogP contribution >= 0.6 is 0 Å². The van der Waals surface area contributed by atoms with Crippen molar-refractivity contribution in [3.8, 4) is 11.6 Å². The summed E-state index contributed by atoms with van der Waals surface area (Å²) in [6, 6.07) is 2.49. The summed E-state index contributed by atoms with van der Waals surface area (Å²) in [6.07, 6.45) is 1.84. The van der Waals surface area contributed by atoms with Crippen molar-refractivity contribution in [1.29, 1.82) is 0 Å². The van der Waals surface area contributed by atoms with Gasteiger partial charge in [-0.1, -0.05) is 47.6 Å². The van der Waals surface area contributed by atoms with Gasteiger partial charge in [0.2, 0.25) is 11.8 Å². The van der Waals surface area contributed by atoms with Gasteiger partial charge in [0.15, 0.2) is 5.69 Å². The number of halogens is 2. The molecule has 48 heavy (non-hydrogen) atoms. The molecule has 262 valence electrons. The maximum absolute atomic E-state index is 16.0. The molecule has 1 aromatic carbocycles. The van der Waals surface area contributed by atoms with E-state index in [4.69, 9.17) is 18.9 Å². The monoisotopic (exact) mass is 672 g/mol. The van der Waals surface area contributed by atoms with Crippen molar-refractivity contribution in [3.63, 3.8) is 0 Å². The van der Waals surface area contributed by atoms with Crippen LogP contribution in [0.3, 0.4) is 0 Å². The number of carbonyl (C=O) groups is 3. The zero-order chi connectivity index (χ0) is 35.2. The zero-order valence-electron chi connectivity index (χ0n) is 28.8. The summed E-state index contributed by atoms with van der Waals surface area (Å²) in [5.74, 6) is -5.48. The molecule has 1 N–H and O–H groups in total. The standard InChI is InChI=1S/C35H46F2N4O7/c1-19(2)18-46-31(43)26-20(3)25-17-41(26)30(42)28(33(4,5)6)40-32(44)48-34(7)16-21(34)11-9-10-14-35(36,37)27-29(47-25)39-24-15-22(45-8)12-13-23(24)38-27/h10,12-15,19-21,25-26,28H,9,11,16-18H2,1-8H3,(H,40,44). The SMILES string of the molecule is COc1ccc2nc3c(nc2c1)OC1CN(C(=O)C(C(C)(C)C)NC(=O)OC2(C)CC2CCC=CC3(F)F)C(C(=O)OCC(C)C)C1C. The number of alkyl carbamates (subject to hydrolysis) is 1. The number of nitrogens with zero attached hydrogens (tertiary/aromatic N) is 3. The molecule has 3 aliphatic rings. The molecular weight excluding hydrogens is 626 g/mol. The van der Waals surface area contributed by atoms with E-state index < -0.39 is 70.6 Å². The van der Waals surface area contributed by atoms with Crippen molar-refractivity contribution in [1.82, 2.24) is 20.2 Å². The Morgan fingerprint density at radius 3 is 2.58 bits per heavy atom. The first-order chi connectivity index (χ1) is 22.4. The molecule has 0 spiro atoms. The molecule has 2 bridgehead atoms. The number of esters is 1. The first-order valence-corrected chi connectivity index (χ1v) is 16.5. The average Bonchev–Trinajstić information content (AvgIpc) is 3.52. The highest BCUT2D eigenvalue weighted by atomic mass is 19.3. The van der Waals surface area contributed by atoms with Crippen molar-refractivity contribution in [3.05, 3.63) is 36.0 Å². The van der Waals surface area contributed by atoms with E-state index in [0.717, 1.165) is 6.08 Å². The van der Waals surface area contributed by atoms with Crippen LogP contribution in [0.15, 0.2) is 30.4 Å². The smallest absolute Gasteiger partial charge is 0.408 e. The second-order valence-electron chi connectivity index (χ2n) is 14.9. The number of fused-ring (bicyclic) bond motifs is 5. The number of methoxy groups -OCH3 is 1. The van der Waals surface area contributed by atoms with Crippen LogP contribution in [-0.2, 0) is 25.0 Å². The highest BCUT2D eigenvalue weighted by molar-refractivity contribution is 5.91. The van der Waals surface area contributed by atoms with E-state index in [1.807, 2.05) is 13.8 Å². The lowest BCUT2D eigenvalue weighted by atomic mass is 9.85. The molecule has 13 heteroatoms. The van der Waals surface area contributed by atoms with Crippen molar-refractivity contribution in [2.24, 2.45) is 23.2 Å². The maximum Gasteiger partial charge on any atom is 0.408 e. The summed E-state index contributed by atoms with van der Waals surface area (Å²) in [7, 11) is 1.48. The van der Waals surface area contributed by atoms with E-state index >= 15 is 8.78 Å². The van der Waals surface area contributed by atoms with Gasteiger partial charge in [-0.15, -0.1) is 0 Å². The van der Waals surface area contributed by atoms with Gasteiger partial charge >= 0.3 is 18.0 Å². The number of ether oxygens (including phenoxy) is 4. The molecule has 2 fully saturated rings. The normalized spacial score (nSPS) is 29.1. The molecule has 1 saturated carbocycles. The summed E-state index contributed by atoms with van der Waals surface area (Å²) in [4.78, 5) is 51.3. The van der Waals surface area contributed by atoms with E-state index in [2.05, 4.69) is 15.3 Å². The molecule has 1 aliphatic carbocycles. The minimum atomic E-state index is -3.57. The number of rotatable bonds is 4. The maximum atomic E-state index is 16.0. The molecule has 3 heterocycles. The molecule has 2 aliphatic heterocycles. The Bertz CT molecular complexity index is 1590. The van der Waals surface area contributed by atoms with Gasteiger partial charge in [0.1, 0.15) is 29.5 Å². The molecule has 1 aromatic heterocycles. The molecule has 1 saturated heterocycles. The largest absolute Gasteiger partial charge is 0.497 e. The summed E-state index contributed by atoms with van der Waals surface area (Å²) in [6.45, 7) is 12.6. The van der Waals surface area contributed by atoms with Gasteiger partial charge in [-0.05, 0) is 55.7 Å². The lowest BCUT2D eigenvalue weighted by molar-refractivity contribution is -0.156. The predicted molar refractivity (Wildman–Crippen MR) is 173 cm³/mol. The molecule has 2 aromatic rings. The molecule has 11 nitrogen and oxygen atoms in total. The number of amides is 2. The first-order valence-electron chi connectivity index (χ1n) is 16.5. The summed E-state index contributed by atoms with van der Waals surface area (Å²) in [5.41, 5.74) is -1.79. The van der Waals surface area contributed by atoms with Crippen molar-refractivity contribution < 1.29 is 42.1 Å². The Hall–Kier alpha value is -4.03. The lowest BCUT2D eigenvalue weighted by Gasteiger charge is -2.35. The van der Waals surface area contributed by atoms with E-state index in [0.29, 0.717) is 25.0 Å². The second kappa shape index (κ2) is 13.1. The quantitative estimate of drug-likeness (QED) is 0.317. The number of alkyl halides is 2. The van der Waals surface area contributed by atoms with Gasteiger partial charge in [0.05, 0.1) is 31.3 Å². The molecule has 6 atom stereocenters. The van der Waals surface area contributed by atoms with Crippen LogP contribution in [0.25, 0.3) is 11.0 Å². The Morgan fingerprint density at radius 1 is 1.19 bits per heavy atom. The van der Waals surface area contributed by atoms with Gasteiger partial charge in [-0.25, -0.2) is 19.6 Å². The topological polar surface area (TPSA) is 129 Å². The number of nitrogens with one attached hydrogen (secondary N) is 1. The van der Waals surface area contributed by atoms with Crippen LogP contribution in [-0.4, -0.2) is 76.9 Å². The Labute approximate surface area is 279 Å². The van der Waals surface area contributed by atoms with E-state index in [1.54, 1.807) is 52.8 Å². The zero-order valence-corrected chi connectivity index (χ0v) is 28.8. The van der Waals surface area contributed by atoms with Crippen LogP contribution < -0.4 is 14.8 Å². The number of benzene rings is 1. The third-order valence-corrected chi connectivity index (χ3v) is 9.36. The Balaban J connectivity index is 1.61. The Kier molecular flexibility index (Phi) is 9.64. The van der Waals surface area contributed by atoms with Crippen LogP contribution in [0.1, 0.15) is 73.4 Å². The summed E-state index contributed by atoms with van der Waals surface area (Å²) < 4.78 is 54.9. The van der Waals surface area contributed by atoms with Crippen LogP contribution in [0.4, 0.5) is 13.6 Å². The number of hydrogen-bond donors (Lipinski definition) is 1. The molecular formula is C35H46F2N4O7. The fourth-order valence-electron chi connectivity index (χ4n) is 6.34. The van der Waals surface area contributed by atoms with E-state index in [-0.39, 0.29) is 36.0 Å². The van der Waals surface area contributed by atoms with Crippen LogP contribution in [0.5, 0.6) is 11.6 Å². The van der Waals surface area contributed by atoms with Gasteiger partial charge in [-0.3, -0.25) is 4.79 Å². The third kappa shape index (κ3) is 7.34. The summed E-state index contributed by atoms with van der Waals surface area (Å²) in [5, 5.41) is 2.77. The van der Waals surface area contributed by atoms with Gasteiger partial charge in [-0.2, -0.15) is 8.78 Å². The third-order valence-electron chi connectivity index (χ3n) is 9.36. The summed E-state index contributed by atoms with van der Waals surface area (Å²) >= 11 is 0. The van der Waals surface area contributed by atoms with Gasteiger partial charge in [0, 0.05) is 17.9 Å². The number of hydrogen-bond acceptors (Lipinski definition) is 9. The fourth-order valence-corrected chi connectivity index (χ4v) is 6.34. The van der Waals surface area contributed by atoms with Crippen molar-refractivity contribution in [2.75, 3.05) is 20.3 Å². The highest BCUT2D eigenvalue weighted by Gasteiger charge is 2.55. The minimum absolute atomic E-state index is 0.0265.